The zero-order valence-corrected chi connectivity index (χ0v) is 22.5. The third-order valence-electron chi connectivity index (χ3n) is 8.28. The predicted molar refractivity (Wildman–Crippen MR) is 145 cm³/mol. The van der Waals surface area contributed by atoms with E-state index in [9.17, 15) is 19.5 Å². The molecular formula is C29H37N3O4S. The van der Waals surface area contributed by atoms with Crippen LogP contribution < -0.4 is 0 Å². The number of likely N-dealkylation sites (tertiary alicyclic amines) is 1. The van der Waals surface area contributed by atoms with Gasteiger partial charge in [-0.3, -0.25) is 14.4 Å². The van der Waals surface area contributed by atoms with Crippen LogP contribution in [0.25, 0.3) is 0 Å². The largest absolute Gasteiger partial charge is 0.396 e. The molecule has 37 heavy (non-hydrogen) atoms. The van der Waals surface area contributed by atoms with Gasteiger partial charge in [0.2, 0.25) is 17.7 Å². The molecule has 1 unspecified atom stereocenters. The van der Waals surface area contributed by atoms with E-state index in [-0.39, 0.29) is 24.3 Å². The molecule has 2 saturated heterocycles. The summed E-state index contributed by atoms with van der Waals surface area (Å²) in [5.74, 6) is -1.43. The first-order valence-corrected chi connectivity index (χ1v) is 14.3. The Hall–Kier alpha value is -2.58. The standard InChI is InChI=1S/C29H37N3O4S/c1-3-4-15-30-16-9-14-29-23(26(35)32(18-10-19-33)24(29)27(30)36)22-25(34)31(17-8-13-28(22,2)37-29)20-21-11-6-5-7-12-21/h5-9,11-14,22-24,33H,3-4,10,15-20H2,1-2H3/t22-,23+,24?,28+,29+/m1/s1. The van der Waals surface area contributed by atoms with Gasteiger partial charge < -0.3 is 19.8 Å². The van der Waals surface area contributed by atoms with Gasteiger partial charge in [0.15, 0.2) is 0 Å². The first-order chi connectivity index (χ1) is 17.9. The van der Waals surface area contributed by atoms with Crippen LogP contribution in [-0.4, -0.2) is 85.8 Å². The van der Waals surface area contributed by atoms with E-state index >= 15 is 0 Å². The lowest BCUT2D eigenvalue weighted by molar-refractivity contribution is -0.145. The summed E-state index contributed by atoms with van der Waals surface area (Å²) < 4.78 is -1.42. The molecule has 1 spiro atoms. The van der Waals surface area contributed by atoms with Crippen LogP contribution in [-0.2, 0) is 20.9 Å². The number of thioether (sulfide) groups is 1. The average Bonchev–Trinajstić information content (AvgIpc) is 3.16. The summed E-state index contributed by atoms with van der Waals surface area (Å²) in [4.78, 5) is 47.8. The molecule has 198 valence electrons. The summed E-state index contributed by atoms with van der Waals surface area (Å²) in [5, 5.41) is 9.56. The van der Waals surface area contributed by atoms with Crippen molar-refractivity contribution in [1.82, 2.24) is 14.7 Å². The van der Waals surface area contributed by atoms with E-state index < -0.39 is 27.4 Å². The maximum absolute atomic E-state index is 14.2. The SMILES string of the molecule is CCCCN1CC=C[C@]23S[C@@]4(C)C=CCN(Cc5ccccc5)C(=O)[C@H]4[C@H]2C(=O)N(CCCO)C3C1=O. The molecule has 5 rings (SSSR count). The van der Waals surface area contributed by atoms with E-state index in [1.165, 1.54) is 0 Å². The van der Waals surface area contributed by atoms with Crippen molar-refractivity contribution in [3.8, 4) is 0 Å². The summed E-state index contributed by atoms with van der Waals surface area (Å²) >= 11 is 1.61. The molecule has 5 atom stereocenters. The Morgan fingerprint density at radius 1 is 0.919 bits per heavy atom. The van der Waals surface area contributed by atoms with Crippen molar-refractivity contribution in [3.63, 3.8) is 0 Å². The molecule has 0 aliphatic carbocycles. The van der Waals surface area contributed by atoms with Crippen molar-refractivity contribution in [1.29, 1.82) is 0 Å². The van der Waals surface area contributed by atoms with E-state index in [0.29, 0.717) is 39.1 Å². The van der Waals surface area contributed by atoms with E-state index in [2.05, 4.69) is 26.0 Å². The van der Waals surface area contributed by atoms with Crippen molar-refractivity contribution in [2.45, 2.75) is 55.2 Å². The smallest absolute Gasteiger partial charge is 0.247 e. The van der Waals surface area contributed by atoms with Crippen LogP contribution in [0, 0.1) is 11.8 Å². The molecule has 4 heterocycles. The van der Waals surface area contributed by atoms with Crippen LogP contribution in [0.3, 0.4) is 0 Å². The predicted octanol–water partition coefficient (Wildman–Crippen LogP) is 2.85. The topological polar surface area (TPSA) is 81.2 Å². The molecule has 1 N–H and O–H groups in total. The molecule has 0 aromatic heterocycles. The highest BCUT2D eigenvalue weighted by molar-refractivity contribution is 8.02. The Bertz CT molecular complexity index is 1110. The van der Waals surface area contributed by atoms with Gasteiger partial charge in [0, 0.05) is 44.1 Å². The fourth-order valence-electron chi connectivity index (χ4n) is 6.60. The number of carbonyl (C=O) groups is 3. The van der Waals surface area contributed by atoms with Crippen molar-refractivity contribution in [3.05, 3.63) is 60.2 Å². The Morgan fingerprint density at radius 2 is 1.65 bits per heavy atom. The van der Waals surface area contributed by atoms with Crippen LogP contribution in [0.5, 0.6) is 0 Å². The number of hydrogen-bond donors (Lipinski definition) is 1. The third-order valence-corrected chi connectivity index (χ3v) is 10.1. The highest BCUT2D eigenvalue weighted by Gasteiger charge is 2.73. The summed E-state index contributed by atoms with van der Waals surface area (Å²) in [6.45, 7) is 6.53. The molecular weight excluding hydrogens is 486 g/mol. The fraction of sp³-hybridized carbons (Fsp3) is 0.552. The van der Waals surface area contributed by atoms with Gasteiger partial charge in [-0.2, -0.15) is 0 Å². The van der Waals surface area contributed by atoms with E-state index in [1.807, 2.05) is 52.3 Å². The molecule has 0 radical (unpaired) electrons. The summed E-state index contributed by atoms with van der Waals surface area (Å²) in [6, 6.07) is 9.24. The molecule has 1 aromatic carbocycles. The molecule has 8 heteroatoms. The normalized spacial score (nSPS) is 32.9. The number of hydrogen-bond acceptors (Lipinski definition) is 5. The lowest BCUT2D eigenvalue weighted by Crippen LogP contribution is -2.53. The zero-order valence-electron chi connectivity index (χ0n) is 21.7. The molecule has 0 saturated carbocycles. The Labute approximate surface area is 223 Å². The Balaban J connectivity index is 1.55. The molecule has 0 bridgehead atoms. The van der Waals surface area contributed by atoms with Crippen molar-refractivity contribution in [2.75, 3.05) is 32.8 Å². The van der Waals surface area contributed by atoms with Gasteiger partial charge in [-0.15, -0.1) is 11.8 Å². The number of nitrogens with zero attached hydrogens (tertiary/aromatic N) is 3. The summed E-state index contributed by atoms with van der Waals surface area (Å²) in [7, 11) is 0. The van der Waals surface area contributed by atoms with Crippen molar-refractivity contribution >= 4 is 29.5 Å². The third kappa shape index (κ3) is 4.32. The minimum Gasteiger partial charge on any atom is -0.396 e. The number of benzene rings is 1. The maximum atomic E-state index is 14.2. The minimum absolute atomic E-state index is 0.0326. The van der Waals surface area contributed by atoms with Crippen LogP contribution in [0.1, 0.15) is 38.7 Å². The monoisotopic (exact) mass is 523 g/mol. The second kappa shape index (κ2) is 10.3. The molecule has 7 nitrogen and oxygen atoms in total. The highest BCUT2D eigenvalue weighted by atomic mass is 32.2. The van der Waals surface area contributed by atoms with Crippen molar-refractivity contribution < 1.29 is 19.5 Å². The van der Waals surface area contributed by atoms with Crippen LogP contribution in [0.15, 0.2) is 54.6 Å². The first-order valence-electron chi connectivity index (χ1n) is 13.4. The second-order valence-corrected chi connectivity index (χ2v) is 12.5. The van der Waals surface area contributed by atoms with Gasteiger partial charge in [-0.25, -0.2) is 0 Å². The van der Waals surface area contributed by atoms with Crippen LogP contribution in [0.4, 0.5) is 0 Å². The fourth-order valence-corrected chi connectivity index (χ4v) is 8.75. The van der Waals surface area contributed by atoms with Crippen LogP contribution >= 0.6 is 11.8 Å². The summed E-state index contributed by atoms with van der Waals surface area (Å²) in [5.41, 5.74) is 1.05. The van der Waals surface area contributed by atoms with Gasteiger partial charge in [0.1, 0.15) is 6.04 Å². The molecule has 2 fully saturated rings. The van der Waals surface area contributed by atoms with E-state index in [4.69, 9.17) is 0 Å². The number of carbonyl (C=O) groups excluding carboxylic acids is 3. The van der Waals surface area contributed by atoms with Gasteiger partial charge in [0.25, 0.3) is 0 Å². The maximum Gasteiger partial charge on any atom is 0.247 e. The van der Waals surface area contributed by atoms with Crippen molar-refractivity contribution in [2.24, 2.45) is 11.8 Å². The van der Waals surface area contributed by atoms with Gasteiger partial charge in [-0.05, 0) is 25.3 Å². The number of fused-ring (bicyclic) bond motifs is 2. The number of aliphatic hydroxyl groups is 1. The number of amides is 3. The number of aliphatic hydroxyl groups excluding tert-OH is 1. The van der Waals surface area contributed by atoms with E-state index in [0.717, 1.165) is 18.4 Å². The van der Waals surface area contributed by atoms with Crippen LogP contribution in [0.2, 0.25) is 0 Å². The zero-order chi connectivity index (χ0) is 26.2. The quantitative estimate of drug-likeness (QED) is 0.530. The van der Waals surface area contributed by atoms with E-state index in [1.54, 1.807) is 16.7 Å². The number of rotatable bonds is 8. The number of unbranched alkanes of at least 4 members (excludes halogenated alkanes) is 1. The highest BCUT2D eigenvalue weighted by Crippen LogP contribution is 2.65. The molecule has 1 aromatic rings. The Morgan fingerprint density at radius 3 is 2.38 bits per heavy atom. The lowest BCUT2D eigenvalue weighted by atomic mass is 9.74. The van der Waals surface area contributed by atoms with Gasteiger partial charge >= 0.3 is 0 Å². The van der Waals surface area contributed by atoms with Gasteiger partial charge in [0.05, 0.1) is 16.6 Å². The second-order valence-electron chi connectivity index (χ2n) is 10.8. The molecule has 4 aliphatic rings. The minimum atomic E-state index is -0.820. The molecule has 4 aliphatic heterocycles. The summed E-state index contributed by atoms with van der Waals surface area (Å²) in [6.07, 6.45) is 10.5. The first kappa shape index (κ1) is 26.0. The Kier molecular flexibility index (Phi) is 7.24. The average molecular weight is 524 g/mol. The molecule has 3 amide bonds. The van der Waals surface area contributed by atoms with Gasteiger partial charge in [-0.1, -0.05) is 68.0 Å². The lowest BCUT2D eigenvalue weighted by Gasteiger charge is -2.36.